The summed E-state index contributed by atoms with van der Waals surface area (Å²) in [5.41, 5.74) is 2.97. The molecule has 32 heavy (non-hydrogen) atoms. The highest BCUT2D eigenvalue weighted by Gasteiger charge is 2.13. The van der Waals surface area contributed by atoms with Crippen LogP contribution in [-0.2, 0) is 22.5 Å². The predicted molar refractivity (Wildman–Crippen MR) is 128 cm³/mol. The number of fused-ring (bicyclic) bond motifs is 1. The Hall–Kier alpha value is -2.62. The van der Waals surface area contributed by atoms with Gasteiger partial charge in [0.05, 0.1) is 13.2 Å². The van der Waals surface area contributed by atoms with E-state index in [0.717, 1.165) is 56.0 Å². The Kier molecular flexibility index (Phi) is 7.29. The van der Waals surface area contributed by atoms with Crippen LogP contribution in [-0.4, -0.2) is 64.4 Å². The number of ether oxygens (including phenoxy) is 1. The van der Waals surface area contributed by atoms with Crippen LogP contribution >= 0.6 is 11.8 Å². The standard InChI is InChI=1S/C23H29N5O3S/c1-16-19(22(30)26-23(24-16)32-2)4-6-21(29)25-18-3-5-20-17(15-18)7-8-28(20)10-9-27-11-13-31-14-12-27/h3,5,7-8,15H,4,6,9-14H2,1-2H3,(H,25,29)(H,24,26,30). The molecule has 3 aromatic rings. The Bertz CT molecular complexity index is 1150. The number of aromatic nitrogens is 3. The number of morpholine rings is 1. The van der Waals surface area contributed by atoms with E-state index in [0.29, 0.717) is 22.8 Å². The molecule has 3 heterocycles. The molecule has 1 aliphatic rings. The Morgan fingerprint density at radius 2 is 2.06 bits per heavy atom. The average molecular weight is 456 g/mol. The number of anilines is 1. The second-order valence-electron chi connectivity index (χ2n) is 7.92. The number of thioether (sulfide) groups is 1. The van der Waals surface area contributed by atoms with Crippen molar-refractivity contribution in [1.82, 2.24) is 19.4 Å². The fourth-order valence-corrected chi connectivity index (χ4v) is 4.41. The molecular formula is C23H29N5O3S. The van der Waals surface area contributed by atoms with E-state index < -0.39 is 0 Å². The van der Waals surface area contributed by atoms with Gasteiger partial charge in [0.2, 0.25) is 5.91 Å². The van der Waals surface area contributed by atoms with E-state index in [9.17, 15) is 9.59 Å². The van der Waals surface area contributed by atoms with Crippen molar-refractivity contribution < 1.29 is 9.53 Å². The third-order valence-electron chi connectivity index (χ3n) is 5.81. The molecule has 8 nitrogen and oxygen atoms in total. The molecule has 1 amide bonds. The van der Waals surface area contributed by atoms with Crippen molar-refractivity contribution in [3.63, 3.8) is 0 Å². The second kappa shape index (κ2) is 10.3. The Labute approximate surface area is 191 Å². The van der Waals surface area contributed by atoms with Gasteiger partial charge in [-0.15, -0.1) is 0 Å². The number of hydrogen-bond donors (Lipinski definition) is 2. The zero-order valence-electron chi connectivity index (χ0n) is 18.5. The van der Waals surface area contributed by atoms with Gasteiger partial charge in [-0.1, -0.05) is 11.8 Å². The number of carbonyl (C=O) groups is 1. The summed E-state index contributed by atoms with van der Waals surface area (Å²) in [6.45, 7) is 7.31. The van der Waals surface area contributed by atoms with Crippen molar-refractivity contribution >= 4 is 34.3 Å². The number of aryl methyl sites for hydroxylation is 1. The zero-order chi connectivity index (χ0) is 22.5. The summed E-state index contributed by atoms with van der Waals surface area (Å²) < 4.78 is 7.66. The van der Waals surface area contributed by atoms with Gasteiger partial charge < -0.3 is 19.6 Å². The molecule has 4 rings (SSSR count). The molecule has 1 aromatic carbocycles. The van der Waals surface area contributed by atoms with Crippen LogP contribution in [0.3, 0.4) is 0 Å². The van der Waals surface area contributed by atoms with Gasteiger partial charge in [-0.05, 0) is 43.9 Å². The lowest BCUT2D eigenvalue weighted by Crippen LogP contribution is -2.38. The SMILES string of the molecule is CSc1nc(C)c(CCC(=O)Nc2ccc3c(ccn3CCN3CCOCC3)c2)c(=O)[nH]1. The van der Waals surface area contributed by atoms with E-state index in [-0.39, 0.29) is 17.9 Å². The van der Waals surface area contributed by atoms with Gasteiger partial charge in [-0.25, -0.2) is 4.98 Å². The Morgan fingerprint density at radius 1 is 1.25 bits per heavy atom. The molecule has 2 aromatic heterocycles. The number of rotatable bonds is 8. The fraction of sp³-hybridized carbons (Fsp3) is 0.435. The summed E-state index contributed by atoms with van der Waals surface area (Å²) in [6, 6.07) is 8.04. The van der Waals surface area contributed by atoms with Crippen molar-refractivity contribution in [3.8, 4) is 0 Å². The van der Waals surface area contributed by atoms with E-state index in [1.54, 1.807) is 6.92 Å². The number of hydrogen-bond acceptors (Lipinski definition) is 6. The van der Waals surface area contributed by atoms with E-state index in [1.807, 2.05) is 24.5 Å². The molecule has 170 valence electrons. The molecular weight excluding hydrogens is 426 g/mol. The molecule has 1 saturated heterocycles. The number of benzene rings is 1. The van der Waals surface area contributed by atoms with E-state index >= 15 is 0 Å². The van der Waals surface area contributed by atoms with Gasteiger partial charge in [-0.2, -0.15) is 0 Å². The fourth-order valence-electron chi connectivity index (χ4n) is 3.98. The average Bonchev–Trinajstić information content (AvgIpc) is 3.19. The van der Waals surface area contributed by atoms with Crippen molar-refractivity contribution in [1.29, 1.82) is 0 Å². The van der Waals surface area contributed by atoms with Crippen LogP contribution < -0.4 is 10.9 Å². The smallest absolute Gasteiger partial charge is 0.254 e. The lowest BCUT2D eigenvalue weighted by molar-refractivity contribution is -0.116. The van der Waals surface area contributed by atoms with Crippen LogP contribution in [0, 0.1) is 6.92 Å². The first-order valence-electron chi connectivity index (χ1n) is 10.9. The number of nitrogens with one attached hydrogen (secondary N) is 2. The maximum atomic E-state index is 12.5. The van der Waals surface area contributed by atoms with Gasteiger partial charge in [0.25, 0.3) is 5.56 Å². The third-order valence-corrected chi connectivity index (χ3v) is 6.39. The Morgan fingerprint density at radius 3 is 2.81 bits per heavy atom. The summed E-state index contributed by atoms with van der Waals surface area (Å²) in [5.74, 6) is -0.121. The van der Waals surface area contributed by atoms with Crippen molar-refractivity contribution in [2.45, 2.75) is 31.5 Å². The van der Waals surface area contributed by atoms with Crippen molar-refractivity contribution in [2.24, 2.45) is 0 Å². The second-order valence-corrected chi connectivity index (χ2v) is 8.72. The van der Waals surface area contributed by atoms with Gasteiger partial charge in [0.1, 0.15) is 0 Å². The molecule has 0 atom stereocenters. The molecule has 2 N–H and O–H groups in total. The highest BCUT2D eigenvalue weighted by molar-refractivity contribution is 7.98. The lowest BCUT2D eigenvalue weighted by atomic mass is 10.1. The number of nitrogens with zero attached hydrogens (tertiary/aromatic N) is 3. The van der Waals surface area contributed by atoms with Crippen molar-refractivity contribution in [3.05, 3.63) is 52.1 Å². The number of aromatic amines is 1. The normalized spacial score (nSPS) is 14.7. The molecule has 0 radical (unpaired) electrons. The summed E-state index contributed by atoms with van der Waals surface area (Å²) in [5, 5.41) is 4.63. The zero-order valence-corrected chi connectivity index (χ0v) is 19.3. The Balaban J connectivity index is 1.35. The highest BCUT2D eigenvalue weighted by atomic mass is 32.2. The van der Waals surface area contributed by atoms with Crippen LogP contribution in [0.25, 0.3) is 10.9 Å². The summed E-state index contributed by atoms with van der Waals surface area (Å²) in [7, 11) is 0. The highest BCUT2D eigenvalue weighted by Crippen LogP contribution is 2.21. The first-order valence-corrected chi connectivity index (χ1v) is 12.1. The van der Waals surface area contributed by atoms with Gasteiger partial charge in [-0.3, -0.25) is 14.5 Å². The van der Waals surface area contributed by atoms with Crippen LogP contribution in [0.5, 0.6) is 0 Å². The van der Waals surface area contributed by atoms with E-state index in [4.69, 9.17) is 4.74 Å². The molecule has 0 spiro atoms. The van der Waals surface area contributed by atoms with Gasteiger partial charge in [0.15, 0.2) is 5.16 Å². The monoisotopic (exact) mass is 455 g/mol. The molecule has 0 unspecified atom stereocenters. The minimum absolute atomic E-state index is 0.121. The molecule has 0 saturated carbocycles. The maximum absolute atomic E-state index is 12.5. The summed E-state index contributed by atoms with van der Waals surface area (Å²) in [6.07, 6.45) is 4.54. The van der Waals surface area contributed by atoms with Crippen LogP contribution in [0.4, 0.5) is 5.69 Å². The molecule has 0 aliphatic carbocycles. The van der Waals surface area contributed by atoms with E-state index in [2.05, 4.69) is 37.0 Å². The lowest BCUT2D eigenvalue weighted by Gasteiger charge is -2.26. The summed E-state index contributed by atoms with van der Waals surface area (Å²) in [4.78, 5) is 34.2. The van der Waals surface area contributed by atoms with Gasteiger partial charge >= 0.3 is 0 Å². The number of H-pyrrole nitrogens is 1. The van der Waals surface area contributed by atoms with Crippen molar-refractivity contribution in [2.75, 3.05) is 44.4 Å². The molecule has 1 aliphatic heterocycles. The topological polar surface area (TPSA) is 92.2 Å². The first kappa shape index (κ1) is 22.6. The first-order chi connectivity index (χ1) is 15.5. The van der Waals surface area contributed by atoms with E-state index in [1.165, 1.54) is 11.8 Å². The largest absolute Gasteiger partial charge is 0.379 e. The van der Waals surface area contributed by atoms with Gasteiger partial charge in [0, 0.05) is 66.6 Å². The predicted octanol–water partition coefficient (Wildman–Crippen LogP) is 2.66. The molecule has 1 fully saturated rings. The van der Waals surface area contributed by atoms with Crippen LogP contribution in [0.2, 0.25) is 0 Å². The molecule has 0 bridgehead atoms. The number of carbonyl (C=O) groups excluding carboxylic acids is 1. The van der Waals surface area contributed by atoms with Crippen LogP contribution in [0.15, 0.2) is 40.4 Å². The third kappa shape index (κ3) is 5.40. The molecule has 9 heteroatoms. The number of amides is 1. The quantitative estimate of drug-likeness (QED) is 0.401. The minimum Gasteiger partial charge on any atom is -0.379 e. The minimum atomic E-state index is -0.172. The van der Waals surface area contributed by atoms with Crippen LogP contribution in [0.1, 0.15) is 17.7 Å². The summed E-state index contributed by atoms with van der Waals surface area (Å²) >= 11 is 1.39. The maximum Gasteiger partial charge on any atom is 0.254 e.